The molecule has 20 heavy (non-hydrogen) atoms. The number of methoxy groups -OCH3 is 1. The SMILES string of the molecule is COCc1nnc(C(N)(O)C(C)C(=O)OC(C)(C)C)o1. The summed E-state index contributed by atoms with van der Waals surface area (Å²) in [5.74, 6) is -1.84. The lowest BCUT2D eigenvalue weighted by atomic mass is 9.98. The van der Waals surface area contributed by atoms with Crippen molar-refractivity contribution in [3.63, 3.8) is 0 Å². The number of aromatic nitrogens is 2. The summed E-state index contributed by atoms with van der Waals surface area (Å²) < 4.78 is 15.1. The van der Waals surface area contributed by atoms with E-state index in [4.69, 9.17) is 19.6 Å². The van der Waals surface area contributed by atoms with Gasteiger partial charge in [0, 0.05) is 7.11 Å². The lowest BCUT2D eigenvalue weighted by Crippen LogP contribution is -2.48. The van der Waals surface area contributed by atoms with Gasteiger partial charge in [-0.2, -0.15) is 0 Å². The van der Waals surface area contributed by atoms with Crippen LogP contribution in [-0.4, -0.2) is 34.0 Å². The second kappa shape index (κ2) is 5.86. The van der Waals surface area contributed by atoms with Crippen molar-refractivity contribution in [3.05, 3.63) is 11.8 Å². The summed E-state index contributed by atoms with van der Waals surface area (Å²) in [6.45, 7) is 6.67. The lowest BCUT2D eigenvalue weighted by molar-refractivity contribution is -0.171. The van der Waals surface area contributed by atoms with Crippen LogP contribution in [-0.2, 0) is 26.6 Å². The van der Waals surface area contributed by atoms with Gasteiger partial charge in [-0.15, -0.1) is 10.2 Å². The molecule has 1 rings (SSSR count). The molecule has 1 heterocycles. The Labute approximate surface area is 117 Å². The molecule has 0 bridgehead atoms. The quantitative estimate of drug-likeness (QED) is 0.586. The van der Waals surface area contributed by atoms with Gasteiger partial charge in [-0.25, -0.2) is 0 Å². The van der Waals surface area contributed by atoms with Gasteiger partial charge < -0.3 is 19.0 Å². The number of hydrogen-bond donors (Lipinski definition) is 2. The molecule has 0 aliphatic heterocycles. The van der Waals surface area contributed by atoms with Crippen molar-refractivity contribution in [1.82, 2.24) is 10.2 Å². The molecule has 0 fully saturated rings. The zero-order valence-corrected chi connectivity index (χ0v) is 12.3. The summed E-state index contributed by atoms with van der Waals surface area (Å²) in [5.41, 5.74) is 2.94. The van der Waals surface area contributed by atoms with Crippen LogP contribution >= 0.6 is 0 Å². The van der Waals surface area contributed by atoms with Gasteiger partial charge in [0.05, 0.1) is 0 Å². The molecule has 0 spiro atoms. The monoisotopic (exact) mass is 287 g/mol. The lowest BCUT2D eigenvalue weighted by Gasteiger charge is -2.28. The Kier molecular flexibility index (Phi) is 4.85. The third-order valence-corrected chi connectivity index (χ3v) is 2.50. The summed E-state index contributed by atoms with van der Waals surface area (Å²) in [7, 11) is 1.46. The molecule has 8 nitrogen and oxygen atoms in total. The standard InChI is InChI=1S/C12H21N3O5/c1-7(9(16)20-11(2,3)4)12(13,17)10-15-14-8(19-10)6-18-5/h7,17H,6,13H2,1-5H3. The fourth-order valence-electron chi connectivity index (χ4n) is 1.35. The van der Waals surface area contributed by atoms with E-state index in [9.17, 15) is 9.90 Å². The van der Waals surface area contributed by atoms with Crippen LogP contribution in [0.2, 0.25) is 0 Å². The molecule has 0 aromatic carbocycles. The zero-order valence-electron chi connectivity index (χ0n) is 12.3. The number of nitrogens with two attached hydrogens (primary N) is 1. The van der Waals surface area contributed by atoms with Gasteiger partial charge in [-0.3, -0.25) is 10.5 Å². The number of carbonyl (C=O) groups is 1. The summed E-state index contributed by atoms with van der Waals surface area (Å²) in [6.07, 6.45) is 0. The molecule has 0 saturated carbocycles. The van der Waals surface area contributed by atoms with Crippen molar-refractivity contribution < 1.29 is 23.8 Å². The van der Waals surface area contributed by atoms with Crippen LogP contribution in [0, 0.1) is 5.92 Å². The fourth-order valence-corrected chi connectivity index (χ4v) is 1.35. The largest absolute Gasteiger partial charge is 0.460 e. The summed E-state index contributed by atoms with van der Waals surface area (Å²) in [5, 5.41) is 17.5. The number of carbonyl (C=O) groups excluding carboxylic acids is 1. The molecule has 114 valence electrons. The van der Waals surface area contributed by atoms with Crippen molar-refractivity contribution in [2.24, 2.45) is 11.7 Å². The van der Waals surface area contributed by atoms with E-state index in [-0.39, 0.29) is 18.4 Å². The number of esters is 1. The molecule has 1 aromatic rings. The topological polar surface area (TPSA) is 121 Å². The molecule has 2 atom stereocenters. The molecule has 0 aliphatic carbocycles. The smallest absolute Gasteiger partial charge is 0.314 e. The highest BCUT2D eigenvalue weighted by atomic mass is 16.6. The normalized spacial score (nSPS) is 16.6. The Morgan fingerprint density at radius 2 is 2.05 bits per heavy atom. The maximum Gasteiger partial charge on any atom is 0.314 e. The van der Waals surface area contributed by atoms with E-state index in [0.717, 1.165) is 0 Å². The van der Waals surface area contributed by atoms with Crippen LogP contribution in [0.1, 0.15) is 39.5 Å². The predicted octanol–water partition coefficient (Wildman–Crippen LogP) is 0.298. The number of nitrogens with zero attached hydrogens (tertiary/aromatic N) is 2. The predicted molar refractivity (Wildman–Crippen MR) is 68.1 cm³/mol. The molecule has 3 N–H and O–H groups in total. The maximum atomic E-state index is 11.9. The summed E-state index contributed by atoms with van der Waals surface area (Å²) >= 11 is 0. The Bertz CT molecular complexity index is 464. The van der Waals surface area contributed by atoms with Crippen LogP contribution in [0.15, 0.2) is 4.42 Å². The van der Waals surface area contributed by atoms with Crippen molar-refractivity contribution in [2.75, 3.05) is 7.11 Å². The Balaban J connectivity index is 2.87. The summed E-state index contributed by atoms with van der Waals surface area (Å²) in [6, 6.07) is 0. The van der Waals surface area contributed by atoms with Gasteiger partial charge in [0.15, 0.2) is 0 Å². The van der Waals surface area contributed by atoms with Gasteiger partial charge in [0.1, 0.15) is 18.1 Å². The molecule has 0 radical (unpaired) electrons. The van der Waals surface area contributed by atoms with Crippen LogP contribution in [0.5, 0.6) is 0 Å². The first-order chi connectivity index (χ1) is 9.08. The second-order valence-corrected chi connectivity index (χ2v) is 5.51. The van der Waals surface area contributed by atoms with Crippen molar-refractivity contribution in [1.29, 1.82) is 0 Å². The summed E-state index contributed by atoms with van der Waals surface area (Å²) in [4.78, 5) is 11.9. The minimum atomic E-state index is -2.11. The average Bonchev–Trinajstić information content (AvgIpc) is 2.75. The van der Waals surface area contributed by atoms with Gasteiger partial charge in [0.2, 0.25) is 11.6 Å². The van der Waals surface area contributed by atoms with Crippen molar-refractivity contribution in [3.8, 4) is 0 Å². The fraction of sp³-hybridized carbons (Fsp3) is 0.750. The van der Waals surface area contributed by atoms with Gasteiger partial charge >= 0.3 is 5.97 Å². The first-order valence-electron chi connectivity index (χ1n) is 6.14. The minimum Gasteiger partial charge on any atom is -0.460 e. The van der Waals surface area contributed by atoms with E-state index in [1.807, 2.05) is 0 Å². The van der Waals surface area contributed by atoms with Crippen LogP contribution < -0.4 is 5.73 Å². The number of ether oxygens (including phenoxy) is 2. The molecule has 8 heteroatoms. The first kappa shape index (κ1) is 16.5. The van der Waals surface area contributed by atoms with Gasteiger partial charge in [-0.05, 0) is 27.7 Å². The van der Waals surface area contributed by atoms with E-state index in [1.165, 1.54) is 14.0 Å². The number of aliphatic hydroxyl groups is 1. The van der Waals surface area contributed by atoms with Crippen LogP contribution in [0.3, 0.4) is 0 Å². The minimum absolute atomic E-state index is 0.0872. The Hall–Kier alpha value is -1.51. The second-order valence-electron chi connectivity index (χ2n) is 5.51. The highest BCUT2D eigenvalue weighted by Crippen LogP contribution is 2.26. The molecule has 1 aromatic heterocycles. The van der Waals surface area contributed by atoms with Gasteiger partial charge in [-0.1, -0.05) is 0 Å². The molecule has 0 saturated heterocycles. The zero-order chi connectivity index (χ0) is 15.6. The van der Waals surface area contributed by atoms with E-state index >= 15 is 0 Å². The number of rotatable bonds is 5. The van der Waals surface area contributed by atoms with Crippen LogP contribution in [0.4, 0.5) is 0 Å². The van der Waals surface area contributed by atoms with E-state index in [2.05, 4.69) is 10.2 Å². The highest BCUT2D eigenvalue weighted by molar-refractivity contribution is 5.73. The Morgan fingerprint density at radius 3 is 2.55 bits per heavy atom. The van der Waals surface area contributed by atoms with E-state index in [0.29, 0.717) is 0 Å². The van der Waals surface area contributed by atoms with Crippen molar-refractivity contribution in [2.45, 2.75) is 45.6 Å². The van der Waals surface area contributed by atoms with E-state index < -0.39 is 23.2 Å². The average molecular weight is 287 g/mol. The molecular formula is C12H21N3O5. The van der Waals surface area contributed by atoms with Gasteiger partial charge in [0.25, 0.3) is 5.89 Å². The highest BCUT2D eigenvalue weighted by Gasteiger charge is 2.43. The molecular weight excluding hydrogens is 266 g/mol. The third-order valence-electron chi connectivity index (χ3n) is 2.50. The maximum absolute atomic E-state index is 11.9. The third kappa shape index (κ3) is 3.99. The molecule has 2 unspecified atom stereocenters. The Morgan fingerprint density at radius 1 is 1.45 bits per heavy atom. The molecule has 0 amide bonds. The van der Waals surface area contributed by atoms with Crippen molar-refractivity contribution >= 4 is 5.97 Å². The number of hydrogen-bond acceptors (Lipinski definition) is 8. The first-order valence-corrected chi connectivity index (χ1v) is 6.14. The van der Waals surface area contributed by atoms with E-state index in [1.54, 1.807) is 20.8 Å². The van der Waals surface area contributed by atoms with Crippen LogP contribution in [0.25, 0.3) is 0 Å². The molecule has 0 aliphatic rings.